The Hall–Kier alpha value is -8.32. The molecule has 0 saturated heterocycles. The lowest BCUT2D eigenvalue weighted by molar-refractivity contribution is 0.661. The second-order valence-corrected chi connectivity index (χ2v) is 18.7. The number of rotatable bonds is 6. The summed E-state index contributed by atoms with van der Waals surface area (Å²) in [7, 11) is 0. The van der Waals surface area contributed by atoms with E-state index < -0.39 is 0 Å². The Kier molecular flexibility index (Phi) is 8.98. The average molecular weight is 851 g/mol. The molecule has 1 aliphatic carbocycles. The molecule has 0 amide bonds. The van der Waals surface area contributed by atoms with Gasteiger partial charge in [0.15, 0.2) is 0 Å². The summed E-state index contributed by atoms with van der Waals surface area (Å²) in [5.74, 6) is 0. The van der Waals surface area contributed by atoms with Gasteiger partial charge in [0.1, 0.15) is 0 Å². The van der Waals surface area contributed by atoms with E-state index in [2.05, 4.69) is 257 Å². The third kappa shape index (κ3) is 6.21. The van der Waals surface area contributed by atoms with Crippen LogP contribution in [-0.4, -0.2) is 0 Å². The first-order chi connectivity index (χ1) is 33.0. The summed E-state index contributed by atoms with van der Waals surface area (Å²) < 4.78 is 0. The third-order valence-electron chi connectivity index (χ3n) is 14.7. The van der Waals surface area contributed by atoms with Crippen molar-refractivity contribution in [2.45, 2.75) is 19.3 Å². The van der Waals surface area contributed by atoms with Crippen LogP contribution in [0.2, 0.25) is 0 Å². The summed E-state index contributed by atoms with van der Waals surface area (Å²) in [4.78, 5) is 0. The summed E-state index contributed by atoms with van der Waals surface area (Å²) in [6, 6.07) is 90.1. The van der Waals surface area contributed by atoms with Crippen molar-refractivity contribution in [3.8, 4) is 77.9 Å². The van der Waals surface area contributed by atoms with Crippen molar-refractivity contribution in [3.05, 3.63) is 254 Å². The minimum absolute atomic E-state index is 0.227. The van der Waals surface area contributed by atoms with Gasteiger partial charge in [-0.25, -0.2) is 0 Å². The summed E-state index contributed by atoms with van der Waals surface area (Å²) in [6.07, 6.45) is 0. The maximum atomic E-state index is 2.50. The molecule has 0 radical (unpaired) electrons. The third-order valence-corrected chi connectivity index (χ3v) is 14.7. The van der Waals surface area contributed by atoms with Crippen molar-refractivity contribution in [2.24, 2.45) is 0 Å². The molecule has 0 aliphatic heterocycles. The number of benzene rings is 12. The molecule has 0 nitrogen and oxygen atoms in total. The molecule has 314 valence electrons. The lowest BCUT2D eigenvalue weighted by Crippen LogP contribution is -2.15. The molecule has 0 bridgehead atoms. The second kappa shape index (κ2) is 15.4. The van der Waals surface area contributed by atoms with E-state index in [-0.39, 0.29) is 5.41 Å². The van der Waals surface area contributed by atoms with Crippen LogP contribution in [0.25, 0.3) is 121 Å². The molecule has 12 aromatic rings. The van der Waals surface area contributed by atoms with Crippen molar-refractivity contribution in [3.63, 3.8) is 0 Å². The molecule has 1 aliphatic rings. The van der Waals surface area contributed by atoms with Crippen LogP contribution in [-0.2, 0) is 5.41 Å². The Balaban J connectivity index is 0.929. The van der Waals surface area contributed by atoms with Gasteiger partial charge in [0.2, 0.25) is 0 Å². The van der Waals surface area contributed by atoms with Crippen LogP contribution < -0.4 is 0 Å². The molecule has 0 unspecified atom stereocenters. The molecule has 0 heterocycles. The normalized spacial score (nSPS) is 12.7. The van der Waals surface area contributed by atoms with Gasteiger partial charge in [0.25, 0.3) is 0 Å². The first kappa shape index (κ1) is 39.1. The van der Waals surface area contributed by atoms with Crippen molar-refractivity contribution < 1.29 is 0 Å². The highest BCUT2D eigenvalue weighted by atomic mass is 14.4. The Bertz CT molecular complexity index is 3520. The zero-order valence-electron chi connectivity index (χ0n) is 37.6. The minimum atomic E-state index is -0.227. The van der Waals surface area contributed by atoms with Crippen LogP contribution in [0.5, 0.6) is 0 Å². The zero-order valence-corrected chi connectivity index (χ0v) is 37.6. The highest BCUT2D eigenvalue weighted by Gasteiger charge is 2.36. The summed E-state index contributed by atoms with van der Waals surface area (Å²) in [6.45, 7) is 4.84. The van der Waals surface area contributed by atoms with E-state index in [4.69, 9.17) is 0 Å². The molecule has 0 heteroatoms. The van der Waals surface area contributed by atoms with Gasteiger partial charge in [-0.15, -0.1) is 0 Å². The van der Waals surface area contributed by atoms with E-state index in [1.165, 1.54) is 132 Å². The van der Waals surface area contributed by atoms with Crippen LogP contribution in [0.3, 0.4) is 0 Å². The van der Waals surface area contributed by atoms with Crippen molar-refractivity contribution in [2.75, 3.05) is 0 Å². The predicted octanol–water partition coefficient (Wildman–Crippen LogP) is 18.6. The van der Waals surface area contributed by atoms with Crippen LogP contribution >= 0.6 is 0 Å². The lowest BCUT2D eigenvalue weighted by atomic mass is 9.79. The molecule has 0 saturated carbocycles. The largest absolute Gasteiger partial charge is 0.0622 e. The van der Waals surface area contributed by atoms with Crippen LogP contribution in [0.1, 0.15) is 25.0 Å². The minimum Gasteiger partial charge on any atom is -0.0622 e. The highest BCUT2D eigenvalue weighted by Crippen LogP contribution is 2.53. The molecule has 0 spiro atoms. The SMILES string of the molecule is CC1(C)c2cc(-c3c4ccccc4c(-c4ccc(-c5ccccc5)cc4)c4ccccc34)ccc2-c2ccc(-c3c4ccccc4c(-c4ccc(-c5ccccc5)cc4)c4ccccc34)cc21. The first-order valence-corrected chi connectivity index (χ1v) is 23.5. The zero-order chi connectivity index (χ0) is 44.6. The van der Waals surface area contributed by atoms with Gasteiger partial charge in [-0.1, -0.05) is 244 Å². The van der Waals surface area contributed by atoms with E-state index in [0.29, 0.717) is 0 Å². The van der Waals surface area contributed by atoms with Gasteiger partial charge in [-0.3, -0.25) is 0 Å². The van der Waals surface area contributed by atoms with Crippen molar-refractivity contribution in [1.29, 1.82) is 0 Å². The van der Waals surface area contributed by atoms with Gasteiger partial charge in [0, 0.05) is 5.41 Å². The average Bonchev–Trinajstić information content (AvgIpc) is 3.62. The smallest absolute Gasteiger partial charge is 0.0159 e. The van der Waals surface area contributed by atoms with Crippen LogP contribution in [0.4, 0.5) is 0 Å². The highest BCUT2D eigenvalue weighted by molar-refractivity contribution is 6.23. The van der Waals surface area contributed by atoms with Crippen LogP contribution in [0, 0.1) is 0 Å². The first-order valence-electron chi connectivity index (χ1n) is 23.5. The van der Waals surface area contributed by atoms with Crippen molar-refractivity contribution >= 4 is 43.1 Å². The fraction of sp³-hybridized carbons (Fsp3) is 0.0448. The van der Waals surface area contributed by atoms with E-state index >= 15 is 0 Å². The molecule has 0 fully saturated rings. The molecule has 0 atom stereocenters. The molecule has 0 aromatic heterocycles. The quantitative estimate of drug-likeness (QED) is 0.146. The van der Waals surface area contributed by atoms with Gasteiger partial charge in [0.05, 0.1) is 0 Å². The van der Waals surface area contributed by atoms with E-state index in [0.717, 1.165) is 0 Å². The van der Waals surface area contributed by atoms with E-state index in [1.54, 1.807) is 0 Å². The van der Waals surface area contributed by atoms with Gasteiger partial charge < -0.3 is 0 Å². The summed E-state index contributed by atoms with van der Waals surface area (Å²) in [5.41, 5.74) is 20.2. The summed E-state index contributed by atoms with van der Waals surface area (Å²) >= 11 is 0. The molecular weight excluding hydrogens is 805 g/mol. The van der Waals surface area contributed by atoms with E-state index in [9.17, 15) is 0 Å². The standard InChI is InChI=1S/C67H46/c1-67(2)61-41-49(65-57-25-13-9-21-53(57)63(54-22-10-14-26-58(54)65)47-33-29-45(30-34-47)43-17-5-3-6-18-43)37-39-51(61)52-40-38-50(42-62(52)67)66-59-27-15-11-23-55(59)64(56-24-12-16-28-60(56)66)48-35-31-46(32-36-48)44-19-7-4-8-20-44/h3-42H,1-2H3. The number of fused-ring (bicyclic) bond motifs is 7. The Morgan fingerprint density at radius 3 is 0.731 bits per heavy atom. The topological polar surface area (TPSA) is 0 Å². The maximum Gasteiger partial charge on any atom is 0.0159 e. The van der Waals surface area contributed by atoms with Gasteiger partial charge in [-0.05, 0) is 144 Å². The fourth-order valence-corrected chi connectivity index (χ4v) is 11.5. The fourth-order valence-electron chi connectivity index (χ4n) is 11.5. The Morgan fingerprint density at radius 1 is 0.209 bits per heavy atom. The summed E-state index contributed by atoms with van der Waals surface area (Å²) in [5, 5.41) is 10.2. The molecule has 13 rings (SSSR count). The Labute approximate surface area is 392 Å². The van der Waals surface area contributed by atoms with Crippen LogP contribution in [0.15, 0.2) is 243 Å². The monoisotopic (exact) mass is 850 g/mol. The second-order valence-electron chi connectivity index (χ2n) is 18.7. The van der Waals surface area contributed by atoms with Gasteiger partial charge >= 0.3 is 0 Å². The number of hydrogen-bond acceptors (Lipinski definition) is 0. The maximum absolute atomic E-state index is 2.50. The van der Waals surface area contributed by atoms with Gasteiger partial charge in [-0.2, -0.15) is 0 Å². The molecule has 12 aromatic carbocycles. The molecule has 0 N–H and O–H groups in total. The van der Waals surface area contributed by atoms with Crippen molar-refractivity contribution in [1.82, 2.24) is 0 Å². The Morgan fingerprint density at radius 2 is 0.433 bits per heavy atom. The lowest BCUT2D eigenvalue weighted by Gasteiger charge is -2.24. The molecular formula is C67H46. The molecule has 67 heavy (non-hydrogen) atoms. The van der Waals surface area contributed by atoms with E-state index in [1.807, 2.05) is 0 Å². The number of hydrogen-bond donors (Lipinski definition) is 0. The predicted molar refractivity (Wildman–Crippen MR) is 287 cm³/mol.